The molecule has 0 fully saturated rings. The summed E-state index contributed by atoms with van der Waals surface area (Å²) >= 11 is 0. The first-order valence-electron chi connectivity index (χ1n) is 5.95. The van der Waals surface area contributed by atoms with Crippen LogP contribution in [0.4, 0.5) is 11.4 Å². The first-order valence-corrected chi connectivity index (χ1v) is 7.43. The number of hydrogen-bond acceptors (Lipinski definition) is 5. The number of sulfonamides is 1. The Hall–Kier alpha value is -2.61. The van der Waals surface area contributed by atoms with E-state index < -0.39 is 15.9 Å². The molecule has 0 spiro atoms. The van der Waals surface area contributed by atoms with Crippen molar-refractivity contribution in [2.24, 2.45) is 5.73 Å². The molecule has 1 aromatic heterocycles. The number of benzene rings is 1. The SMILES string of the molecule is Cc1ncccc1NS(=O)(=O)c1ccc(C(N)=O)cc1N. The minimum atomic E-state index is -3.88. The van der Waals surface area contributed by atoms with Gasteiger partial charge >= 0.3 is 0 Å². The van der Waals surface area contributed by atoms with E-state index in [0.29, 0.717) is 11.4 Å². The van der Waals surface area contributed by atoms with Crippen LogP contribution in [0.5, 0.6) is 0 Å². The fraction of sp³-hybridized carbons (Fsp3) is 0.0769. The maximum atomic E-state index is 12.3. The Morgan fingerprint density at radius 2 is 2.00 bits per heavy atom. The molecule has 0 bridgehead atoms. The molecule has 1 heterocycles. The van der Waals surface area contributed by atoms with E-state index in [1.807, 2.05) is 0 Å². The third kappa shape index (κ3) is 3.11. The zero-order chi connectivity index (χ0) is 15.6. The van der Waals surface area contributed by atoms with Crippen LogP contribution < -0.4 is 16.2 Å². The summed E-state index contributed by atoms with van der Waals surface area (Å²) in [5.41, 5.74) is 11.8. The summed E-state index contributed by atoms with van der Waals surface area (Å²) in [7, 11) is -3.88. The molecule has 0 saturated heterocycles. The number of nitrogens with two attached hydrogens (primary N) is 2. The topological polar surface area (TPSA) is 128 Å². The monoisotopic (exact) mass is 306 g/mol. The van der Waals surface area contributed by atoms with E-state index in [0.717, 1.165) is 0 Å². The second kappa shape index (κ2) is 5.41. The average molecular weight is 306 g/mol. The largest absolute Gasteiger partial charge is 0.398 e. The predicted molar refractivity (Wildman–Crippen MR) is 79.2 cm³/mol. The first kappa shape index (κ1) is 14.8. The van der Waals surface area contributed by atoms with Gasteiger partial charge in [0.05, 0.1) is 17.1 Å². The number of primary amides is 1. The van der Waals surface area contributed by atoms with Gasteiger partial charge in [0.15, 0.2) is 0 Å². The zero-order valence-corrected chi connectivity index (χ0v) is 12.0. The van der Waals surface area contributed by atoms with Crippen LogP contribution in [-0.2, 0) is 10.0 Å². The molecule has 1 aromatic carbocycles. The molecule has 5 N–H and O–H groups in total. The second-order valence-corrected chi connectivity index (χ2v) is 6.01. The number of nitrogen functional groups attached to an aromatic ring is 1. The third-order valence-corrected chi connectivity index (χ3v) is 4.27. The van der Waals surface area contributed by atoms with Crippen molar-refractivity contribution < 1.29 is 13.2 Å². The lowest BCUT2D eigenvalue weighted by Crippen LogP contribution is -2.17. The van der Waals surface area contributed by atoms with Crippen LogP contribution in [0.3, 0.4) is 0 Å². The number of pyridine rings is 1. The fourth-order valence-corrected chi connectivity index (χ4v) is 2.97. The number of nitrogens with one attached hydrogen (secondary N) is 1. The van der Waals surface area contributed by atoms with Crippen LogP contribution in [0, 0.1) is 6.92 Å². The number of hydrogen-bond donors (Lipinski definition) is 3. The van der Waals surface area contributed by atoms with Gasteiger partial charge in [-0.25, -0.2) is 8.42 Å². The van der Waals surface area contributed by atoms with E-state index in [-0.39, 0.29) is 16.1 Å². The van der Waals surface area contributed by atoms with Crippen molar-refractivity contribution in [3.05, 3.63) is 47.8 Å². The summed E-state index contributed by atoms with van der Waals surface area (Å²) in [6.07, 6.45) is 1.56. The van der Waals surface area contributed by atoms with Gasteiger partial charge in [-0.3, -0.25) is 14.5 Å². The van der Waals surface area contributed by atoms with Crippen molar-refractivity contribution in [3.8, 4) is 0 Å². The molecule has 8 heteroatoms. The smallest absolute Gasteiger partial charge is 0.264 e. The molecule has 7 nitrogen and oxygen atoms in total. The molecule has 110 valence electrons. The predicted octanol–water partition coefficient (Wildman–Crippen LogP) is 0.872. The van der Waals surface area contributed by atoms with E-state index in [2.05, 4.69) is 9.71 Å². The highest BCUT2D eigenvalue weighted by Gasteiger charge is 2.19. The summed E-state index contributed by atoms with van der Waals surface area (Å²) in [4.78, 5) is 14.9. The van der Waals surface area contributed by atoms with Gasteiger partial charge in [-0.15, -0.1) is 0 Å². The van der Waals surface area contributed by atoms with Gasteiger partial charge in [0.1, 0.15) is 4.90 Å². The molecule has 1 amide bonds. The average Bonchev–Trinajstić information content (AvgIpc) is 2.40. The van der Waals surface area contributed by atoms with Gasteiger partial charge in [-0.05, 0) is 37.3 Å². The van der Waals surface area contributed by atoms with Crippen molar-refractivity contribution >= 4 is 27.3 Å². The number of aryl methyl sites for hydroxylation is 1. The number of amides is 1. The third-order valence-electron chi connectivity index (χ3n) is 2.84. The highest BCUT2D eigenvalue weighted by Crippen LogP contribution is 2.23. The standard InChI is InChI=1S/C13H14N4O3S/c1-8-11(3-2-6-16-8)17-21(19,20)12-5-4-9(13(15)18)7-10(12)14/h2-7,17H,14H2,1H3,(H2,15,18). The molecule has 0 aliphatic heterocycles. The maximum Gasteiger partial charge on any atom is 0.264 e. The van der Waals surface area contributed by atoms with Crippen LogP contribution in [0.25, 0.3) is 0 Å². The molecule has 0 saturated carbocycles. The zero-order valence-electron chi connectivity index (χ0n) is 11.2. The minimum absolute atomic E-state index is 0.0552. The first-order chi connectivity index (χ1) is 9.81. The molecule has 2 rings (SSSR count). The van der Waals surface area contributed by atoms with E-state index in [1.54, 1.807) is 25.3 Å². The molecule has 2 aromatic rings. The summed E-state index contributed by atoms with van der Waals surface area (Å²) < 4.78 is 27.0. The quantitative estimate of drug-likeness (QED) is 0.722. The van der Waals surface area contributed by atoms with Crippen molar-refractivity contribution in [2.75, 3.05) is 10.5 Å². The molecule has 21 heavy (non-hydrogen) atoms. The van der Waals surface area contributed by atoms with Crippen molar-refractivity contribution in [3.63, 3.8) is 0 Å². The number of rotatable bonds is 4. The Bertz CT molecular complexity index is 803. The van der Waals surface area contributed by atoms with Crippen LogP contribution in [0.2, 0.25) is 0 Å². The summed E-state index contributed by atoms with van der Waals surface area (Å²) in [6.45, 7) is 1.68. The Labute approximate surface area is 122 Å². The van der Waals surface area contributed by atoms with E-state index in [4.69, 9.17) is 11.5 Å². The van der Waals surface area contributed by atoms with Crippen LogP contribution in [-0.4, -0.2) is 19.3 Å². The van der Waals surface area contributed by atoms with Crippen LogP contribution >= 0.6 is 0 Å². The summed E-state index contributed by atoms with van der Waals surface area (Å²) in [5, 5.41) is 0. The van der Waals surface area contributed by atoms with Gasteiger partial charge in [0.2, 0.25) is 5.91 Å². The minimum Gasteiger partial charge on any atom is -0.398 e. The normalized spacial score (nSPS) is 11.1. The number of carbonyl (C=O) groups excluding carboxylic acids is 1. The van der Waals surface area contributed by atoms with Crippen LogP contribution in [0.15, 0.2) is 41.4 Å². The van der Waals surface area contributed by atoms with Gasteiger partial charge in [-0.2, -0.15) is 0 Å². The lowest BCUT2D eigenvalue weighted by molar-refractivity contribution is 0.1000. The molecular formula is C13H14N4O3S. The highest BCUT2D eigenvalue weighted by atomic mass is 32.2. The van der Waals surface area contributed by atoms with Crippen molar-refractivity contribution in [2.45, 2.75) is 11.8 Å². The fourth-order valence-electron chi connectivity index (χ4n) is 1.74. The molecular weight excluding hydrogens is 292 g/mol. The molecule has 0 radical (unpaired) electrons. The molecule has 0 aliphatic carbocycles. The number of nitrogens with zero attached hydrogens (tertiary/aromatic N) is 1. The van der Waals surface area contributed by atoms with E-state index >= 15 is 0 Å². The molecule has 0 atom stereocenters. The van der Waals surface area contributed by atoms with Gasteiger partial charge in [-0.1, -0.05) is 0 Å². The number of anilines is 2. The van der Waals surface area contributed by atoms with E-state index in [1.165, 1.54) is 18.2 Å². The van der Waals surface area contributed by atoms with E-state index in [9.17, 15) is 13.2 Å². The lowest BCUT2D eigenvalue weighted by Gasteiger charge is -2.12. The Balaban J connectivity index is 2.41. The van der Waals surface area contributed by atoms with Gasteiger partial charge in [0.25, 0.3) is 10.0 Å². The molecule has 0 aliphatic rings. The lowest BCUT2D eigenvalue weighted by atomic mass is 10.2. The summed E-state index contributed by atoms with van der Waals surface area (Å²) in [6, 6.07) is 6.98. The summed E-state index contributed by atoms with van der Waals surface area (Å²) in [5.74, 6) is -0.679. The van der Waals surface area contributed by atoms with Crippen molar-refractivity contribution in [1.82, 2.24) is 4.98 Å². The second-order valence-electron chi connectivity index (χ2n) is 4.36. The number of aromatic nitrogens is 1. The number of carbonyl (C=O) groups is 1. The maximum absolute atomic E-state index is 12.3. The Morgan fingerprint density at radius 3 is 2.57 bits per heavy atom. The van der Waals surface area contributed by atoms with Gasteiger partial charge in [0, 0.05) is 11.8 Å². The van der Waals surface area contributed by atoms with Crippen LogP contribution in [0.1, 0.15) is 16.1 Å². The molecule has 0 unspecified atom stereocenters. The van der Waals surface area contributed by atoms with Gasteiger partial charge < -0.3 is 11.5 Å². The Kier molecular flexibility index (Phi) is 3.81. The highest BCUT2D eigenvalue weighted by molar-refractivity contribution is 7.92. The van der Waals surface area contributed by atoms with Crippen molar-refractivity contribution in [1.29, 1.82) is 0 Å². The Morgan fingerprint density at radius 1 is 1.29 bits per heavy atom.